The van der Waals surface area contributed by atoms with Gasteiger partial charge in [-0.2, -0.15) is 5.10 Å². The number of H-pyrrole nitrogens is 1. The maximum Gasteiger partial charge on any atom is 0.353 e. The van der Waals surface area contributed by atoms with Gasteiger partial charge in [0.25, 0.3) is 0 Å². The average Bonchev–Trinajstić information content (AvgIpc) is 2.77. The third kappa shape index (κ3) is 2.45. The van der Waals surface area contributed by atoms with Crippen molar-refractivity contribution in [2.24, 2.45) is 0 Å². The minimum Gasteiger partial charge on any atom is -0.507 e. The zero-order valence-corrected chi connectivity index (χ0v) is 11.1. The van der Waals surface area contributed by atoms with E-state index in [-0.39, 0.29) is 16.9 Å². The summed E-state index contributed by atoms with van der Waals surface area (Å²) in [5, 5.41) is 25.5. The second kappa shape index (κ2) is 4.42. The fourth-order valence-corrected chi connectivity index (χ4v) is 1.92. The predicted molar refractivity (Wildman–Crippen MR) is 71.3 cm³/mol. The molecule has 0 radical (unpaired) electrons. The maximum absolute atomic E-state index is 10.8. The molecule has 100 valence electrons. The summed E-state index contributed by atoms with van der Waals surface area (Å²) in [7, 11) is 0. The second-order valence-corrected chi connectivity index (χ2v) is 5.42. The van der Waals surface area contributed by atoms with E-state index in [1.807, 2.05) is 32.9 Å². The molecule has 2 aromatic rings. The first-order valence-corrected chi connectivity index (χ1v) is 5.92. The summed E-state index contributed by atoms with van der Waals surface area (Å²) in [6.07, 6.45) is 0. The van der Waals surface area contributed by atoms with Crippen LogP contribution in [0.4, 0.5) is 0 Å². The van der Waals surface area contributed by atoms with E-state index >= 15 is 0 Å². The van der Waals surface area contributed by atoms with Gasteiger partial charge in [-0.05, 0) is 23.1 Å². The van der Waals surface area contributed by atoms with Gasteiger partial charge in [-0.15, -0.1) is 0 Å². The van der Waals surface area contributed by atoms with Gasteiger partial charge in [-0.1, -0.05) is 32.9 Å². The zero-order chi connectivity index (χ0) is 14.2. The van der Waals surface area contributed by atoms with Crippen LogP contribution in [-0.2, 0) is 5.41 Å². The fourth-order valence-electron chi connectivity index (χ4n) is 1.92. The van der Waals surface area contributed by atoms with E-state index in [2.05, 4.69) is 10.2 Å². The van der Waals surface area contributed by atoms with Crippen molar-refractivity contribution in [1.82, 2.24) is 10.2 Å². The van der Waals surface area contributed by atoms with E-state index in [0.717, 1.165) is 5.56 Å². The molecule has 0 saturated heterocycles. The van der Waals surface area contributed by atoms with Gasteiger partial charge in [0.1, 0.15) is 11.4 Å². The number of carboxylic acid groups (broad SMARTS) is 1. The Bertz CT molecular complexity index is 624. The first-order chi connectivity index (χ1) is 8.80. The third-order valence-corrected chi connectivity index (χ3v) is 2.93. The van der Waals surface area contributed by atoms with Crippen LogP contribution < -0.4 is 0 Å². The van der Waals surface area contributed by atoms with Gasteiger partial charge in [0.05, 0.1) is 5.69 Å². The molecule has 0 aliphatic rings. The molecular weight excluding hydrogens is 244 g/mol. The SMILES string of the molecule is CC(C)(C)c1cccc(-c2cc(C(=O)O)[nH]n2)c1O. The van der Waals surface area contributed by atoms with Gasteiger partial charge in [-0.25, -0.2) is 4.79 Å². The number of benzene rings is 1. The van der Waals surface area contributed by atoms with Crippen molar-refractivity contribution in [2.45, 2.75) is 26.2 Å². The summed E-state index contributed by atoms with van der Waals surface area (Å²) in [5.74, 6) is -0.941. The number of nitrogens with zero attached hydrogens (tertiary/aromatic N) is 1. The normalized spacial score (nSPS) is 11.5. The molecule has 1 aromatic heterocycles. The lowest BCUT2D eigenvalue weighted by atomic mass is 9.85. The molecule has 0 aliphatic carbocycles. The Hall–Kier alpha value is -2.30. The highest BCUT2D eigenvalue weighted by Gasteiger charge is 2.21. The number of phenols is 1. The number of phenolic OH excluding ortho intramolecular Hbond substituents is 1. The van der Waals surface area contributed by atoms with Gasteiger partial charge in [0.2, 0.25) is 0 Å². The Morgan fingerprint density at radius 1 is 1.32 bits per heavy atom. The molecule has 0 unspecified atom stereocenters. The standard InChI is InChI=1S/C14H16N2O3/c1-14(2,3)9-6-4-5-8(12(9)17)10-7-11(13(18)19)16-15-10/h4-7,17H,1-3H3,(H,15,16)(H,18,19). The lowest BCUT2D eigenvalue weighted by molar-refractivity contribution is 0.0690. The minimum absolute atomic E-state index is 0.00411. The Labute approximate surface area is 110 Å². The van der Waals surface area contributed by atoms with Crippen LogP contribution in [0.1, 0.15) is 36.8 Å². The van der Waals surface area contributed by atoms with Crippen molar-refractivity contribution in [3.05, 3.63) is 35.5 Å². The number of para-hydroxylation sites is 1. The van der Waals surface area contributed by atoms with Crippen LogP contribution in [0.5, 0.6) is 5.75 Å². The third-order valence-electron chi connectivity index (χ3n) is 2.93. The van der Waals surface area contributed by atoms with Crippen molar-refractivity contribution in [1.29, 1.82) is 0 Å². The molecule has 3 N–H and O–H groups in total. The Morgan fingerprint density at radius 3 is 2.53 bits per heavy atom. The number of aromatic amines is 1. The van der Waals surface area contributed by atoms with Gasteiger partial charge >= 0.3 is 5.97 Å². The number of aromatic hydroxyl groups is 1. The number of aromatic carboxylic acids is 1. The minimum atomic E-state index is -1.08. The highest BCUT2D eigenvalue weighted by atomic mass is 16.4. The van der Waals surface area contributed by atoms with E-state index in [9.17, 15) is 9.90 Å². The van der Waals surface area contributed by atoms with Gasteiger partial charge in [0, 0.05) is 5.56 Å². The number of carbonyl (C=O) groups is 1. The molecule has 0 aliphatic heterocycles. The first kappa shape index (κ1) is 13.1. The Morgan fingerprint density at radius 2 is 2.00 bits per heavy atom. The van der Waals surface area contributed by atoms with Crippen molar-refractivity contribution < 1.29 is 15.0 Å². The van der Waals surface area contributed by atoms with Gasteiger partial charge in [0.15, 0.2) is 0 Å². The number of hydrogen-bond acceptors (Lipinski definition) is 3. The van der Waals surface area contributed by atoms with Crippen molar-refractivity contribution in [3.8, 4) is 17.0 Å². The van der Waals surface area contributed by atoms with Crippen LogP contribution in [0.15, 0.2) is 24.3 Å². The predicted octanol–water partition coefficient (Wildman–Crippen LogP) is 2.78. The molecule has 19 heavy (non-hydrogen) atoms. The summed E-state index contributed by atoms with van der Waals surface area (Å²) in [4.78, 5) is 10.8. The number of rotatable bonds is 2. The highest BCUT2D eigenvalue weighted by molar-refractivity contribution is 5.87. The molecule has 1 aromatic carbocycles. The summed E-state index contributed by atoms with van der Waals surface area (Å²) < 4.78 is 0. The van der Waals surface area contributed by atoms with Crippen LogP contribution in [0.3, 0.4) is 0 Å². The molecule has 0 atom stereocenters. The summed E-state index contributed by atoms with van der Waals surface area (Å²) >= 11 is 0. The highest BCUT2D eigenvalue weighted by Crippen LogP contribution is 2.37. The number of aromatic nitrogens is 2. The van der Waals surface area contributed by atoms with E-state index in [4.69, 9.17) is 5.11 Å². The molecule has 0 fully saturated rings. The molecule has 0 spiro atoms. The topological polar surface area (TPSA) is 86.2 Å². The van der Waals surface area contributed by atoms with Crippen LogP contribution in [0, 0.1) is 0 Å². The smallest absolute Gasteiger partial charge is 0.353 e. The number of nitrogens with one attached hydrogen (secondary N) is 1. The van der Waals surface area contributed by atoms with Crippen molar-refractivity contribution in [3.63, 3.8) is 0 Å². The number of hydrogen-bond donors (Lipinski definition) is 3. The molecule has 1 heterocycles. The lowest BCUT2D eigenvalue weighted by Crippen LogP contribution is -2.11. The van der Waals surface area contributed by atoms with E-state index in [1.165, 1.54) is 6.07 Å². The lowest BCUT2D eigenvalue weighted by Gasteiger charge is -2.21. The first-order valence-electron chi connectivity index (χ1n) is 5.92. The van der Waals surface area contributed by atoms with E-state index in [0.29, 0.717) is 11.3 Å². The second-order valence-electron chi connectivity index (χ2n) is 5.42. The quantitative estimate of drug-likeness (QED) is 0.775. The van der Waals surface area contributed by atoms with Crippen LogP contribution in [0.25, 0.3) is 11.3 Å². The molecule has 0 amide bonds. The van der Waals surface area contributed by atoms with Crippen molar-refractivity contribution in [2.75, 3.05) is 0 Å². The van der Waals surface area contributed by atoms with Crippen molar-refractivity contribution >= 4 is 5.97 Å². The van der Waals surface area contributed by atoms with E-state index < -0.39 is 5.97 Å². The molecule has 5 heteroatoms. The monoisotopic (exact) mass is 260 g/mol. The van der Waals surface area contributed by atoms with Crippen LogP contribution in [-0.4, -0.2) is 26.4 Å². The van der Waals surface area contributed by atoms with Crippen LogP contribution in [0.2, 0.25) is 0 Å². The molecular formula is C14H16N2O3. The largest absolute Gasteiger partial charge is 0.507 e. The van der Waals surface area contributed by atoms with Gasteiger partial charge in [-0.3, -0.25) is 5.10 Å². The summed E-state index contributed by atoms with van der Waals surface area (Å²) in [6, 6.07) is 6.80. The fraction of sp³-hybridized carbons (Fsp3) is 0.286. The number of carboxylic acids is 1. The van der Waals surface area contributed by atoms with Crippen LogP contribution >= 0.6 is 0 Å². The van der Waals surface area contributed by atoms with Gasteiger partial charge < -0.3 is 10.2 Å². The zero-order valence-electron chi connectivity index (χ0n) is 11.1. The maximum atomic E-state index is 10.8. The molecule has 0 saturated carbocycles. The van der Waals surface area contributed by atoms with E-state index in [1.54, 1.807) is 6.07 Å². The molecule has 2 rings (SSSR count). The molecule has 0 bridgehead atoms. The molecule has 5 nitrogen and oxygen atoms in total. The Kier molecular flexibility index (Phi) is 3.06. The summed E-state index contributed by atoms with van der Waals surface area (Å²) in [5.41, 5.74) is 1.53. The summed E-state index contributed by atoms with van der Waals surface area (Å²) in [6.45, 7) is 6.00. The Balaban J connectivity index is 2.54. The average molecular weight is 260 g/mol.